The lowest BCUT2D eigenvalue weighted by Gasteiger charge is -2.12. The summed E-state index contributed by atoms with van der Waals surface area (Å²) in [6, 6.07) is 6.98. The van der Waals surface area contributed by atoms with Crippen molar-refractivity contribution in [3.63, 3.8) is 0 Å². The Morgan fingerprint density at radius 2 is 2.13 bits per heavy atom. The molecule has 82 valence electrons. The van der Waals surface area contributed by atoms with Gasteiger partial charge in [0, 0.05) is 0 Å². The van der Waals surface area contributed by atoms with Crippen LogP contribution < -0.4 is 10.1 Å². The summed E-state index contributed by atoms with van der Waals surface area (Å²) in [4.78, 5) is 10.5. The molecule has 0 spiro atoms. The highest BCUT2D eigenvalue weighted by molar-refractivity contribution is 5.85. The van der Waals surface area contributed by atoms with Gasteiger partial charge >= 0.3 is 6.09 Å². The van der Waals surface area contributed by atoms with E-state index in [0.717, 1.165) is 0 Å². The zero-order valence-electron chi connectivity index (χ0n) is 8.86. The van der Waals surface area contributed by atoms with Gasteiger partial charge < -0.3 is 9.84 Å². The maximum absolute atomic E-state index is 10.5. The molecule has 2 N–H and O–H groups in total. The van der Waals surface area contributed by atoms with E-state index in [9.17, 15) is 4.79 Å². The molecule has 0 bridgehead atoms. The van der Waals surface area contributed by atoms with Crippen LogP contribution in [-0.4, -0.2) is 17.8 Å². The Morgan fingerprint density at radius 1 is 1.47 bits per heavy atom. The first-order chi connectivity index (χ1) is 7.09. The van der Waals surface area contributed by atoms with E-state index in [1.54, 1.807) is 18.2 Å². The summed E-state index contributed by atoms with van der Waals surface area (Å²) in [6.45, 7) is 4.64. The normalized spacial score (nSPS) is 10.1. The highest BCUT2D eigenvalue weighted by Gasteiger charge is 2.05. The van der Waals surface area contributed by atoms with Crippen LogP contribution in [0.15, 0.2) is 24.3 Å². The van der Waals surface area contributed by atoms with Gasteiger partial charge in [0.25, 0.3) is 0 Å². The highest BCUT2D eigenvalue weighted by Crippen LogP contribution is 2.23. The highest BCUT2D eigenvalue weighted by atomic mass is 16.5. The topological polar surface area (TPSA) is 58.6 Å². The first kappa shape index (κ1) is 11.4. The molecule has 1 aromatic rings. The predicted octanol–water partition coefficient (Wildman–Crippen LogP) is 2.81. The molecule has 4 heteroatoms. The van der Waals surface area contributed by atoms with Crippen molar-refractivity contribution >= 4 is 11.8 Å². The molecule has 1 amide bonds. The fourth-order valence-corrected chi connectivity index (χ4v) is 1.07. The summed E-state index contributed by atoms with van der Waals surface area (Å²) in [5, 5.41) is 10.9. The van der Waals surface area contributed by atoms with E-state index in [-0.39, 0.29) is 0 Å². The fraction of sp³-hybridized carbons (Fsp3) is 0.364. The van der Waals surface area contributed by atoms with E-state index in [2.05, 4.69) is 5.32 Å². The summed E-state index contributed by atoms with van der Waals surface area (Å²) in [5.41, 5.74) is 0.477. The maximum atomic E-state index is 10.5. The minimum atomic E-state index is -1.09. The van der Waals surface area contributed by atoms with Gasteiger partial charge in [0.2, 0.25) is 0 Å². The number of amides is 1. The molecule has 0 aliphatic carbocycles. The number of carbonyl (C=O) groups is 1. The number of ether oxygens (including phenoxy) is 1. The molecule has 1 rings (SSSR count). The largest absolute Gasteiger partial charge is 0.491 e. The van der Waals surface area contributed by atoms with Gasteiger partial charge in [-0.2, -0.15) is 0 Å². The van der Waals surface area contributed by atoms with E-state index >= 15 is 0 Å². The van der Waals surface area contributed by atoms with Crippen LogP contribution in [0.2, 0.25) is 0 Å². The summed E-state index contributed by atoms with van der Waals surface area (Å²) in [5.74, 6) is 0.969. The van der Waals surface area contributed by atoms with Gasteiger partial charge in [0.05, 0.1) is 12.3 Å². The smallest absolute Gasteiger partial charge is 0.409 e. The van der Waals surface area contributed by atoms with Crippen LogP contribution in [0.3, 0.4) is 0 Å². The molecule has 0 saturated carbocycles. The van der Waals surface area contributed by atoms with Crippen LogP contribution in [0.5, 0.6) is 5.75 Å². The van der Waals surface area contributed by atoms with E-state index < -0.39 is 6.09 Å². The average molecular weight is 209 g/mol. The summed E-state index contributed by atoms with van der Waals surface area (Å²) >= 11 is 0. The lowest BCUT2D eigenvalue weighted by Crippen LogP contribution is -2.10. The predicted molar refractivity (Wildman–Crippen MR) is 58.4 cm³/mol. The number of carboxylic acid groups (broad SMARTS) is 1. The van der Waals surface area contributed by atoms with Crippen LogP contribution in [0, 0.1) is 5.92 Å². The molecule has 4 nitrogen and oxygen atoms in total. The number of hydrogen-bond donors (Lipinski definition) is 2. The third-order valence-electron chi connectivity index (χ3n) is 1.70. The minimum absolute atomic E-state index is 0.405. The number of anilines is 1. The third-order valence-corrected chi connectivity index (χ3v) is 1.70. The monoisotopic (exact) mass is 209 g/mol. The fourth-order valence-electron chi connectivity index (χ4n) is 1.07. The summed E-state index contributed by atoms with van der Waals surface area (Å²) < 4.78 is 5.47. The molecular formula is C11H15NO3. The van der Waals surface area contributed by atoms with Crippen LogP contribution in [0.25, 0.3) is 0 Å². The molecule has 0 unspecified atom stereocenters. The molecule has 0 radical (unpaired) electrons. The van der Waals surface area contributed by atoms with E-state index in [4.69, 9.17) is 9.84 Å². The van der Waals surface area contributed by atoms with Crippen LogP contribution in [0.4, 0.5) is 10.5 Å². The molecule has 0 aliphatic rings. The molecule has 0 aliphatic heterocycles. The number of rotatable bonds is 4. The van der Waals surface area contributed by atoms with Crippen LogP contribution >= 0.6 is 0 Å². The Kier molecular flexibility index (Phi) is 3.97. The van der Waals surface area contributed by atoms with Gasteiger partial charge in [0.1, 0.15) is 5.75 Å². The molecule has 0 fully saturated rings. The molecular weight excluding hydrogens is 194 g/mol. The van der Waals surface area contributed by atoms with Gasteiger partial charge in [-0.3, -0.25) is 5.32 Å². The Bertz CT molecular complexity index is 336. The maximum Gasteiger partial charge on any atom is 0.409 e. The summed E-state index contributed by atoms with van der Waals surface area (Å²) in [6.07, 6.45) is -1.09. The van der Waals surface area contributed by atoms with Crippen LogP contribution in [-0.2, 0) is 0 Å². The molecule has 1 aromatic carbocycles. The van der Waals surface area contributed by atoms with Crippen molar-refractivity contribution in [3.8, 4) is 5.75 Å². The lowest BCUT2D eigenvalue weighted by atomic mass is 10.2. The van der Waals surface area contributed by atoms with Crippen molar-refractivity contribution in [2.75, 3.05) is 11.9 Å². The first-order valence-corrected chi connectivity index (χ1v) is 4.81. The standard InChI is InChI=1S/C11H15NO3/c1-8(2)7-15-10-6-4-3-5-9(10)12-11(13)14/h3-6,8,12H,7H2,1-2H3,(H,13,14). The molecule has 0 saturated heterocycles. The van der Waals surface area contributed by atoms with Crippen molar-refractivity contribution in [3.05, 3.63) is 24.3 Å². The quantitative estimate of drug-likeness (QED) is 0.801. The number of nitrogens with one attached hydrogen (secondary N) is 1. The van der Waals surface area contributed by atoms with Crippen molar-refractivity contribution < 1.29 is 14.6 Å². The second-order valence-electron chi connectivity index (χ2n) is 3.63. The van der Waals surface area contributed by atoms with E-state index in [1.165, 1.54) is 0 Å². The Labute approximate surface area is 88.9 Å². The van der Waals surface area contributed by atoms with E-state index in [1.807, 2.05) is 19.9 Å². The van der Waals surface area contributed by atoms with Gasteiger partial charge in [-0.05, 0) is 18.1 Å². The summed E-state index contributed by atoms with van der Waals surface area (Å²) in [7, 11) is 0. The van der Waals surface area contributed by atoms with Crippen molar-refractivity contribution in [1.29, 1.82) is 0 Å². The first-order valence-electron chi connectivity index (χ1n) is 4.81. The zero-order valence-corrected chi connectivity index (χ0v) is 8.86. The van der Waals surface area contributed by atoms with Crippen molar-refractivity contribution in [1.82, 2.24) is 0 Å². The molecule has 0 atom stereocenters. The van der Waals surface area contributed by atoms with Crippen molar-refractivity contribution in [2.45, 2.75) is 13.8 Å². The Morgan fingerprint density at radius 3 is 2.73 bits per heavy atom. The SMILES string of the molecule is CC(C)COc1ccccc1NC(=O)O. The van der Waals surface area contributed by atoms with E-state index in [0.29, 0.717) is 24.0 Å². The van der Waals surface area contributed by atoms with Crippen LogP contribution in [0.1, 0.15) is 13.8 Å². The number of hydrogen-bond acceptors (Lipinski definition) is 2. The number of para-hydroxylation sites is 2. The van der Waals surface area contributed by atoms with Crippen molar-refractivity contribution in [2.24, 2.45) is 5.92 Å². The lowest BCUT2D eigenvalue weighted by molar-refractivity contribution is 0.209. The van der Waals surface area contributed by atoms with Gasteiger partial charge in [0.15, 0.2) is 0 Å². The molecule has 0 aromatic heterocycles. The Hall–Kier alpha value is -1.71. The average Bonchev–Trinajstić information content (AvgIpc) is 2.15. The van der Waals surface area contributed by atoms with Gasteiger partial charge in [-0.15, -0.1) is 0 Å². The second-order valence-corrected chi connectivity index (χ2v) is 3.63. The van der Waals surface area contributed by atoms with Gasteiger partial charge in [-0.25, -0.2) is 4.79 Å². The molecule has 0 heterocycles. The second kappa shape index (κ2) is 5.24. The van der Waals surface area contributed by atoms with Gasteiger partial charge in [-0.1, -0.05) is 26.0 Å². The Balaban J connectivity index is 2.72. The minimum Gasteiger partial charge on any atom is -0.491 e. The zero-order chi connectivity index (χ0) is 11.3. The molecule has 15 heavy (non-hydrogen) atoms. The number of benzene rings is 1. The third kappa shape index (κ3) is 3.89.